The van der Waals surface area contributed by atoms with E-state index in [0.717, 1.165) is 16.6 Å². The van der Waals surface area contributed by atoms with Gasteiger partial charge in [0.05, 0.1) is 6.61 Å². The molecule has 0 spiro atoms. The average Bonchev–Trinajstić information content (AvgIpc) is 2.60. The average molecular weight is 450 g/mol. The first-order valence-electron chi connectivity index (χ1n) is 8.61. The summed E-state index contributed by atoms with van der Waals surface area (Å²) in [5, 5.41) is 0. The zero-order chi connectivity index (χ0) is 18.5. The summed E-state index contributed by atoms with van der Waals surface area (Å²) in [5.74, 6) is 0.848. The monoisotopic (exact) mass is 450 g/mol. The third kappa shape index (κ3) is 6.14. The van der Waals surface area contributed by atoms with Crippen molar-refractivity contribution >= 4 is 28.4 Å². The Kier molecular flexibility index (Phi) is 6.66. The molecule has 0 saturated heterocycles. The van der Waals surface area contributed by atoms with Crippen LogP contribution in [0.2, 0.25) is 0 Å². The van der Waals surface area contributed by atoms with Crippen molar-refractivity contribution in [1.82, 2.24) is 0 Å². The van der Waals surface area contributed by atoms with Crippen LogP contribution >= 0.6 is 22.6 Å². The number of hydrogen-bond donors (Lipinski definition) is 0. The first kappa shape index (κ1) is 20.0. The number of benzene rings is 2. The van der Waals surface area contributed by atoms with Crippen LogP contribution in [0.15, 0.2) is 54.6 Å². The third-order valence-electron chi connectivity index (χ3n) is 4.10. The number of rotatable bonds is 8. The molecule has 0 atom stereocenters. The van der Waals surface area contributed by atoms with E-state index in [0.29, 0.717) is 23.1 Å². The number of carbonyl (C=O) groups is 1. The van der Waals surface area contributed by atoms with Crippen LogP contribution < -0.4 is 4.74 Å². The van der Waals surface area contributed by atoms with Crippen LogP contribution in [0, 0.1) is 10.8 Å². The minimum atomic E-state index is 0.0382. The van der Waals surface area contributed by atoms with E-state index >= 15 is 0 Å². The highest BCUT2D eigenvalue weighted by Crippen LogP contribution is 2.35. The maximum Gasteiger partial charge on any atom is 0.193 e. The molecule has 0 amide bonds. The minimum Gasteiger partial charge on any atom is -0.493 e. The van der Waals surface area contributed by atoms with E-state index in [2.05, 4.69) is 50.3 Å². The van der Waals surface area contributed by atoms with Crippen molar-refractivity contribution in [3.05, 3.63) is 65.7 Å². The van der Waals surface area contributed by atoms with E-state index in [4.69, 9.17) is 4.74 Å². The van der Waals surface area contributed by atoms with Crippen molar-refractivity contribution < 1.29 is 9.53 Å². The molecule has 0 bridgehead atoms. The second kappa shape index (κ2) is 8.35. The zero-order valence-electron chi connectivity index (χ0n) is 15.5. The van der Waals surface area contributed by atoms with Gasteiger partial charge in [-0.25, -0.2) is 0 Å². The van der Waals surface area contributed by atoms with Crippen LogP contribution in [0.25, 0.3) is 0 Å². The number of carbonyl (C=O) groups excluding carboxylic acids is 1. The molecule has 0 aliphatic heterocycles. The molecule has 2 aromatic rings. The lowest BCUT2D eigenvalue weighted by Crippen LogP contribution is -2.29. The normalized spacial score (nSPS) is 12.0. The fourth-order valence-corrected chi connectivity index (χ4v) is 3.40. The fraction of sp³-hybridized carbons (Fsp3) is 0.409. The Bertz CT molecular complexity index is 688. The molecule has 2 rings (SSSR count). The van der Waals surface area contributed by atoms with E-state index < -0.39 is 0 Å². The second-order valence-electron chi connectivity index (χ2n) is 8.15. The Morgan fingerprint density at radius 2 is 1.44 bits per heavy atom. The summed E-state index contributed by atoms with van der Waals surface area (Å²) in [6.45, 7) is 9.75. The Morgan fingerprint density at radius 3 is 2.00 bits per heavy atom. The first-order valence-corrected chi connectivity index (χ1v) is 10.1. The summed E-state index contributed by atoms with van der Waals surface area (Å²) in [4.78, 5) is 12.4. The molecule has 2 nitrogen and oxygen atoms in total. The van der Waals surface area contributed by atoms with E-state index in [1.54, 1.807) is 0 Å². The van der Waals surface area contributed by atoms with Crippen molar-refractivity contribution in [1.29, 1.82) is 0 Å². The number of ether oxygens (including phenoxy) is 1. The van der Waals surface area contributed by atoms with Crippen molar-refractivity contribution in [3.8, 4) is 5.75 Å². The SMILES string of the molecule is CC(C)(CI)CC(C)(C)COc1ccc(C(=O)c2ccccc2)cc1. The Balaban J connectivity index is 1.98. The Labute approximate surface area is 165 Å². The molecule has 2 aromatic carbocycles. The lowest BCUT2D eigenvalue weighted by atomic mass is 9.77. The number of hydrogen-bond acceptors (Lipinski definition) is 2. The summed E-state index contributed by atoms with van der Waals surface area (Å²) in [5.41, 5.74) is 1.80. The molecule has 0 saturated carbocycles. The summed E-state index contributed by atoms with van der Waals surface area (Å²) < 4.78 is 7.12. The van der Waals surface area contributed by atoms with Crippen molar-refractivity contribution in [2.45, 2.75) is 34.1 Å². The molecule has 134 valence electrons. The van der Waals surface area contributed by atoms with Crippen LogP contribution in [-0.2, 0) is 0 Å². The van der Waals surface area contributed by atoms with E-state index in [1.165, 1.54) is 0 Å². The highest BCUT2D eigenvalue weighted by Gasteiger charge is 2.28. The van der Waals surface area contributed by atoms with Crippen molar-refractivity contribution in [2.24, 2.45) is 10.8 Å². The molecule has 0 unspecified atom stereocenters. The molecule has 0 aromatic heterocycles. The van der Waals surface area contributed by atoms with Crippen LogP contribution in [0.3, 0.4) is 0 Å². The molecular weight excluding hydrogens is 423 g/mol. The van der Waals surface area contributed by atoms with Crippen LogP contribution in [0.1, 0.15) is 50.0 Å². The lowest BCUT2D eigenvalue weighted by Gasteiger charge is -2.33. The van der Waals surface area contributed by atoms with Gasteiger partial charge in [0.15, 0.2) is 5.78 Å². The zero-order valence-corrected chi connectivity index (χ0v) is 17.7. The van der Waals surface area contributed by atoms with Gasteiger partial charge in [0, 0.05) is 15.6 Å². The Hall–Kier alpha value is -1.36. The van der Waals surface area contributed by atoms with Gasteiger partial charge in [-0.3, -0.25) is 4.79 Å². The highest BCUT2D eigenvalue weighted by molar-refractivity contribution is 14.1. The molecule has 0 aliphatic rings. The quantitative estimate of drug-likeness (QED) is 0.273. The smallest absolute Gasteiger partial charge is 0.193 e. The van der Waals surface area contributed by atoms with Crippen LogP contribution in [0.4, 0.5) is 0 Å². The van der Waals surface area contributed by atoms with Crippen molar-refractivity contribution in [3.63, 3.8) is 0 Å². The minimum absolute atomic E-state index is 0.0382. The van der Waals surface area contributed by atoms with Gasteiger partial charge in [0.25, 0.3) is 0 Å². The molecule has 0 fully saturated rings. The van der Waals surface area contributed by atoms with E-state index in [9.17, 15) is 4.79 Å². The van der Waals surface area contributed by atoms with Gasteiger partial charge in [-0.2, -0.15) is 0 Å². The summed E-state index contributed by atoms with van der Waals surface area (Å²) >= 11 is 2.45. The van der Waals surface area contributed by atoms with E-state index in [1.807, 2.05) is 54.6 Å². The van der Waals surface area contributed by atoms with Gasteiger partial charge in [0.2, 0.25) is 0 Å². The van der Waals surface area contributed by atoms with Gasteiger partial charge < -0.3 is 4.74 Å². The number of halogens is 1. The molecule has 0 radical (unpaired) electrons. The molecular formula is C22H27IO2. The molecule has 0 aliphatic carbocycles. The maximum absolute atomic E-state index is 12.4. The molecule has 25 heavy (non-hydrogen) atoms. The summed E-state index contributed by atoms with van der Waals surface area (Å²) in [7, 11) is 0. The predicted octanol–water partition coefficient (Wildman–Crippen LogP) is 6.17. The largest absolute Gasteiger partial charge is 0.493 e. The van der Waals surface area contributed by atoms with Crippen LogP contribution in [-0.4, -0.2) is 16.8 Å². The standard InChI is InChI=1S/C22H27IO2/c1-21(2,15-23)14-22(3,4)16-25-19-12-10-18(11-13-19)20(24)17-8-6-5-7-9-17/h5-13H,14-16H2,1-4H3. The second-order valence-corrected chi connectivity index (χ2v) is 8.91. The van der Waals surface area contributed by atoms with Gasteiger partial charge in [-0.15, -0.1) is 0 Å². The van der Waals surface area contributed by atoms with Crippen molar-refractivity contribution in [2.75, 3.05) is 11.0 Å². The molecule has 0 N–H and O–H groups in total. The highest BCUT2D eigenvalue weighted by atomic mass is 127. The van der Waals surface area contributed by atoms with Gasteiger partial charge in [-0.05, 0) is 41.5 Å². The topological polar surface area (TPSA) is 26.3 Å². The number of alkyl halides is 1. The fourth-order valence-electron chi connectivity index (χ4n) is 3.13. The van der Waals surface area contributed by atoms with E-state index in [-0.39, 0.29) is 11.2 Å². The maximum atomic E-state index is 12.4. The number of ketones is 1. The molecule has 3 heteroatoms. The van der Waals surface area contributed by atoms with Crippen LogP contribution in [0.5, 0.6) is 5.75 Å². The van der Waals surface area contributed by atoms with Gasteiger partial charge in [0.1, 0.15) is 5.75 Å². The summed E-state index contributed by atoms with van der Waals surface area (Å²) in [6.07, 6.45) is 1.10. The Morgan fingerprint density at radius 1 is 0.880 bits per heavy atom. The molecule has 0 heterocycles. The third-order valence-corrected chi connectivity index (χ3v) is 6.17. The lowest BCUT2D eigenvalue weighted by molar-refractivity contribution is 0.103. The van der Waals surface area contributed by atoms with Gasteiger partial charge in [-0.1, -0.05) is 80.6 Å². The first-order chi connectivity index (χ1) is 11.7. The van der Waals surface area contributed by atoms with Gasteiger partial charge >= 0.3 is 0 Å². The predicted molar refractivity (Wildman–Crippen MR) is 113 cm³/mol. The summed E-state index contributed by atoms with van der Waals surface area (Å²) in [6, 6.07) is 16.8.